The van der Waals surface area contributed by atoms with Crippen LogP contribution in [0.2, 0.25) is 0 Å². The van der Waals surface area contributed by atoms with Crippen LogP contribution in [-0.2, 0) is 42.9 Å². The van der Waals surface area contributed by atoms with Crippen LogP contribution in [0.1, 0.15) is 54.9 Å². The summed E-state index contributed by atoms with van der Waals surface area (Å²) in [6.07, 6.45) is -1.33. The zero-order valence-corrected chi connectivity index (χ0v) is 22.0. The number of hydrogen-bond donors (Lipinski definition) is 2. The minimum absolute atomic E-state index is 0.0888. The second-order valence-electron chi connectivity index (χ2n) is 11.1. The number of esters is 4. The lowest BCUT2D eigenvalue weighted by Gasteiger charge is -2.55. The highest BCUT2D eigenvalue weighted by Gasteiger charge is 2.87. The van der Waals surface area contributed by atoms with Crippen molar-refractivity contribution in [2.45, 2.75) is 102 Å². The first kappa shape index (κ1) is 27.3. The van der Waals surface area contributed by atoms with Crippen molar-refractivity contribution in [1.29, 1.82) is 0 Å². The van der Waals surface area contributed by atoms with E-state index in [-0.39, 0.29) is 6.42 Å². The molecular weight excluding hydrogens is 488 g/mol. The van der Waals surface area contributed by atoms with Crippen molar-refractivity contribution in [2.75, 3.05) is 0 Å². The maximum absolute atomic E-state index is 12.9. The summed E-state index contributed by atoms with van der Waals surface area (Å²) < 4.78 is 28.5. The molecule has 0 amide bonds. The Hall–Kier alpha value is -2.76. The van der Waals surface area contributed by atoms with Crippen molar-refractivity contribution in [3.63, 3.8) is 0 Å². The van der Waals surface area contributed by atoms with E-state index in [1.807, 2.05) is 0 Å². The van der Waals surface area contributed by atoms with Gasteiger partial charge in [-0.1, -0.05) is 18.6 Å². The Morgan fingerprint density at radius 3 is 2.16 bits per heavy atom. The van der Waals surface area contributed by atoms with Gasteiger partial charge in [0.2, 0.25) is 0 Å². The van der Waals surface area contributed by atoms with E-state index in [9.17, 15) is 29.4 Å². The molecule has 0 bridgehead atoms. The van der Waals surface area contributed by atoms with Crippen LogP contribution >= 0.6 is 0 Å². The molecule has 0 radical (unpaired) electrons. The van der Waals surface area contributed by atoms with E-state index >= 15 is 0 Å². The predicted molar refractivity (Wildman–Crippen MR) is 125 cm³/mol. The molecule has 10 atom stereocenters. The molecule has 2 aliphatic heterocycles. The summed E-state index contributed by atoms with van der Waals surface area (Å²) >= 11 is 0. The van der Waals surface area contributed by atoms with Crippen LogP contribution in [0.4, 0.5) is 0 Å². The number of carbonyl (C=O) groups excluding carboxylic acids is 4. The standard InChI is InChI=1S/C26H34O11/c1-12-10-16(33-13(2)27)20(30)23(5)9-8-17(34-14(3)28)24(6,32)19(23)21(35-15(4)29)26-18(11-12)36-22(31)25(26,7)37-26/h8-9,11,16-21,30,32H,10H2,1-7H3/b12-11-/t16-,17-,18+,19-,20+,21?,23+,24-,25+,26+/m1/s1. The van der Waals surface area contributed by atoms with Crippen molar-refractivity contribution in [2.24, 2.45) is 11.3 Å². The molecule has 204 valence electrons. The van der Waals surface area contributed by atoms with Crippen LogP contribution < -0.4 is 0 Å². The minimum Gasteiger partial charge on any atom is -0.459 e. The van der Waals surface area contributed by atoms with Gasteiger partial charge in [0, 0.05) is 38.5 Å². The van der Waals surface area contributed by atoms with Crippen molar-refractivity contribution >= 4 is 23.9 Å². The van der Waals surface area contributed by atoms with E-state index in [1.165, 1.54) is 40.7 Å². The number of fused-ring (bicyclic) bond motifs is 1. The highest BCUT2D eigenvalue weighted by atomic mass is 16.7. The molecule has 11 nitrogen and oxygen atoms in total. The number of aliphatic hydroxyl groups excluding tert-OH is 1. The lowest BCUT2D eigenvalue weighted by Crippen LogP contribution is -2.68. The van der Waals surface area contributed by atoms with Gasteiger partial charge in [0.15, 0.2) is 17.3 Å². The minimum atomic E-state index is -1.95. The van der Waals surface area contributed by atoms with Gasteiger partial charge in [-0.05, 0) is 32.9 Å². The molecule has 37 heavy (non-hydrogen) atoms. The highest BCUT2D eigenvalue weighted by molar-refractivity contribution is 5.89. The highest BCUT2D eigenvalue weighted by Crippen LogP contribution is 2.65. The molecule has 4 aliphatic rings. The number of carbonyl (C=O) groups is 4. The molecule has 2 fully saturated rings. The molecule has 0 aromatic heterocycles. The summed E-state index contributed by atoms with van der Waals surface area (Å²) in [7, 11) is 0. The fourth-order valence-corrected chi connectivity index (χ4v) is 6.52. The number of hydrogen-bond acceptors (Lipinski definition) is 11. The molecule has 2 aliphatic carbocycles. The molecule has 2 N–H and O–H groups in total. The number of aliphatic hydroxyl groups is 2. The average Bonchev–Trinajstić information content (AvgIpc) is 3.34. The topological polar surface area (TPSA) is 158 Å². The first-order chi connectivity index (χ1) is 17.0. The van der Waals surface area contributed by atoms with E-state index in [0.717, 1.165) is 0 Å². The second-order valence-corrected chi connectivity index (χ2v) is 11.1. The summed E-state index contributed by atoms with van der Waals surface area (Å²) in [6, 6.07) is 0. The fourth-order valence-electron chi connectivity index (χ4n) is 6.52. The number of ether oxygens (including phenoxy) is 5. The summed E-state index contributed by atoms with van der Waals surface area (Å²) in [4.78, 5) is 49.3. The van der Waals surface area contributed by atoms with E-state index in [2.05, 4.69) is 0 Å². The number of rotatable bonds is 3. The first-order valence-corrected chi connectivity index (χ1v) is 12.2. The van der Waals surface area contributed by atoms with Gasteiger partial charge in [0.1, 0.15) is 30.0 Å². The van der Waals surface area contributed by atoms with Gasteiger partial charge in [-0.25, -0.2) is 4.79 Å². The van der Waals surface area contributed by atoms with Gasteiger partial charge in [0.25, 0.3) is 0 Å². The monoisotopic (exact) mass is 522 g/mol. The van der Waals surface area contributed by atoms with E-state index in [1.54, 1.807) is 26.0 Å². The Kier molecular flexibility index (Phi) is 6.37. The third kappa shape index (κ3) is 3.98. The third-order valence-electron chi connectivity index (χ3n) is 8.21. The Labute approximate surface area is 214 Å². The molecule has 0 saturated carbocycles. The largest absolute Gasteiger partial charge is 0.459 e. The molecule has 1 unspecified atom stereocenters. The lowest BCUT2D eigenvalue weighted by atomic mass is 9.55. The van der Waals surface area contributed by atoms with Crippen LogP contribution in [0.15, 0.2) is 23.8 Å². The summed E-state index contributed by atoms with van der Waals surface area (Å²) in [5.74, 6) is -3.91. The van der Waals surface area contributed by atoms with Gasteiger partial charge in [0.05, 0.1) is 0 Å². The lowest BCUT2D eigenvalue weighted by molar-refractivity contribution is -0.222. The van der Waals surface area contributed by atoms with Crippen molar-refractivity contribution in [1.82, 2.24) is 0 Å². The molecule has 4 rings (SSSR count). The van der Waals surface area contributed by atoms with Crippen LogP contribution in [0.5, 0.6) is 0 Å². The molecule has 0 aromatic rings. The van der Waals surface area contributed by atoms with Crippen molar-refractivity contribution < 1.29 is 53.1 Å². The molecule has 2 heterocycles. The van der Waals surface area contributed by atoms with Gasteiger partial charge in [-0.3, -0.25) is 14.4 Å². The van der Waals surface area contributed by atoms with Crippen LogP contribution in [0, 0.1) is 11.3 Å². The molecule has 1 spiro atoms. The van der Waals surface area contributed by atoms with Crippen LogP contribution in [-0.4, -0.2) is 81.4 Å². The maximum Gasteiger partial charge on any atom is 0.342 e. The van der Waals surface area contributed by atoms with Gasteiger partial charge >= 0.3 is 23.9 Å². The molecule has 11 heteroatoms. The smallest absolute Gasteiger partial charge is 0.342 e. The van der Waals surface area contributed by atoms with Gasteiger partial charge < -0.3 is 33.9 Å². The summed E-state index contributed by atoms with van der Waals surface area (Å²) in [6.45, 7) is 9.85. The zero-order valence-electron chi connectivity index (χ0n) is 22.0. The Morgan fingerprint density at radius 2 is 1.62 bits per heavy atom. The summed E-state index contributed by atoms with van der Waals surface area (Å²) in [5.41, 5.74) is -5.78. The Bertz CT molecular complexity index is 1090. The van der Waals surface area contributed by atoms with Gasteiger partial charge in [-0.15, -0.1) is 0 Å². The number of epoxide rings is 1. The fraction of sp³-hybridized carbons (Fsp3) is 0.692. The Morgan fingerprint density at radius 1 is 1.03 bits per heavy atom. The third-order valence-corrected chi connectivity index (χ3v) is 8.21. The van der Waals surface area contributed by atoms with Crippen molar-refractivity contribution in [3.8, 4) is 0 Å². The van der Waals surface area contributed by atoms with Crippen molar-refractivity contribution in [3.05, 3.63) is 23.8 Å². The second kappa shape index (κ2) is 8.64. The average molecular weight is 523 g/mol. The SMILES string of the molecule is CC(=O)OC1[C@H]2[C@](C)(O)[C@H](OC(C)=O)C=C[C@]2(C)[C@@H](O)[C@H](OC(C)=O)C/C(C)=C\[C@@H]2OC(=O)[C@]3(C)O[C@]123. The van der Waals surface area contributed by atoms with Gasteiger partial charge in [-0.2, -0.15) is 0 Å². The predicted octanol–water partition coefficient (Wildman–Crippen LogP) is 0.889. The normalized spacial score (nSPS) is 47.7. The van der Waals surface area contributed by atoms with E-state index in [4.69, 9.17) is 23.7 Å². The molecular formula is C26H34O11. The van der Waals surface area contributed by atoms with E-state index < -0.39 is 82.5 Å². The zero-order chi connectivity index (χ0) is 27.7. The van der Waals surface area contributed by atoms with Crippen LogP contribution in [0.25, 0.3) is 0 Å². The first-order valence-electron chi connectivity index (χ1n) is 12.2. The quantitative estimate of drug-likeness (QED) is 0.235. The summed E-state index contributed by atoms with van der Waals surface area (Å²) in [5, 5.41) is 23.8. The van der Waals surface area contributed by atoms with E-state index in [0.29, 0.717) is 5.57 Å². The Balaban J connectivity index is 2.00. The maximum atomic E-state index is 12.9. The molecule has 0 aromatic carbocycles. The molecule has 2 saturated heterocycles. The van der Waals surface area contributed by atoms with Crippen LogP contribution in [0.3, 0.4) is 0 Å².